The molecule has 0 spiro atoms. The van der Waals surface area contributed by atoms with Gasteiger partial charge >= 0.3 is 0 Å². The zero-order valence-electron chi connectivity index (χ0n) is 8.24. The average Bonchev–Trinajstić information content (AvgIpc) is 2.86. The summed E-state index contributed by atoms with van der Waals surface area (Å²) in [6.07, 6.45) is 3.42. The standard InChI is InChI=1S/C9H14BrN3O/c1-2-7(10)8-11-9(12-14-8)13-5-3-4-6-13/h7H,2-6H2,1H3. The second-order valence-corrected chi connectivity index (χ2v) is 4.61. The lowest BCUT2D eigenvalue weighted by Gasteiger charge is -2.09. The first kappa shape index (κ1) is 9.96. The minimum absolute atomic E-state index is 0.186. The van der Waals surface area contributed by atoms with Crippen molar-refractivity contribution in [2.75, 3.05) is 18.0 Å². The predicted molar refractivity (Wildman–Crippen MR) is 57.7 cm³/mol. The first-order valence-electron chi connectivity index (χ1n) is 5.04. The van der Waals surface area contributed by atoms with Crippen molar-refractivity contribution in [3.8, 4) is 0 Å². The molecule has 5 heteroatoms. The van der Waals surface area contributed by atoms with Crippen molar-refractivity contribution in [2.24, 2.45) is 0 Å². The van der Waals surface area contributed by atoms with Crippen LogP contribution in [0, 0.1) is 0 Å². The summed E-state index contributed by atoms with van der Waals surface area (Å²) in [7, 11) is 0. The number of hydrogen-bond acceptors (Lipinski definition) is 4. The lowest BCUT2D eigenvalue weighted by atomic mass is 10.3. The molecule has 1 aromatic heterocycles. The van der Waals surface area contributed by atoms with Crippen LogP contribution in [-0.4, -0.2) is 23.2 Å². The van der Waals surface area contributed by atoms with Crippen LogP contribution in [0.4, 0.5) is 5.95 Å². The van der Waals surface area contributed by atoms with E-state index in [-0.39, 0.29) is 4.83 Å². The summed E-state index contributed by atoms with van der Waals surface area (Å²) in [6.45, 7) is 4.19. The van der Waals surface area contributed by atoms with Crippen LogP contribution in [0.1, 0.15) is 36.9 Å². The SMILES string of the molecule is CCC(Br)c1nc(N2CCCC2)no1. The highest BCUT2D eigenvalue weighted by Crippen LogP contribution is 2.26. The van der Waals surface area contributed by atoms with Gasteiger partial charge in [0.1, 0.15) is 0 Å². The third-order valence-electron chi connectivity index (χ3n) is 2.45. The lowest BCUT2D eigenvalue weighted by molar-refractivity contribution is 0.375. The van der Waals surface area contributed by atoms with Gasteiger partial charge in [0, 0.05) is 13.1 Å². The maximum Gasteiger partial charge on any atom is 0.266 e. The fraction of sp³-hybridized carbons (Fsp3) is 0.778. The molecule has 1 unspecified atom stereocenters. The van der Waals surface area contributed by atoms with Gasteiger partial charge in [0.05, 0.1) is 4.83 Å². The molecule has 78 valence electrons. The minimum Gasteiger partial charge on any atom is -0.338 e. The molecule has 14 heavy (non-hydrogen) atoms. The molecular weight excluding hydrogens is 246 g/mol. The van der Waals surface area contributed by atoms with Gasteiger partial charge in [0.2, 0.25) is 5.89 Å². The van der Waals surface area contributed by atoms with Gasteiger partial charge in [-0.25, -0.2) is 0 Å². The number of halogens is 1. The van der Waals surface area contributed by atoms with Crippen LogP contribution in [-0.2, 0) is 0 Å². The summed E-state index contributed by atoms with van der Waals surface area (Å²) in [5.74, 6) is 1.44. The summed E-state index contributed by atoms with van der Waals surface area (Å²) >= 11 is 3.49. The first-order chi connectivity index (χ1) is 6.81. The Morgan fingerprint density at radius 1 is 1.50 bits per heavy atom. The third kappa shape index (κ3) is 1.92. The van der Waals surface area contributed by atoms with Gasteiger partial charge in [-0.3, -0.25) is 0 Å². The van der Waals surface area contributed by atoms with Crippen molar-refractivity contribution in [2.45, 2.75) is 31.0 Å². The topological polar surface area (TPSA) is 42.2 Å². The number of hydrogen-bond donors (Lipinski definition) is 0. The molecule has 0 amide bonds. The van der Waals surface area contributed by atoms with Crippen LogP contribution in [0.25, 0.3) is 0 Å². The Balaban J connectivity index is 2.08. The third-order valence-corrected chi connectivity index (χ3v) is 3.49. The Hall–Kier alpha value is -0.580. The van der Waals surface area contributed by atoms with Crippen molar-refractivity contribution >= 4 is 21.9 Å². The van der Waals surface area contributed by atoms with Crippen LogP contribution in [0.5, 0.6) is 0 Å². The van der Waals surface area contributed by atoms with Crippen molar-refractivity contribution in [1.82, 2.24) is 10.1 Å². The summed E-state index contributed by atoms with van der Waals surface area (Å²) in [5, 5.41) is 3.98. The van der Waals surface area contributed by atoms with Gasteiger partial charge < -0.3 is 9.42 Å². The van der Waals surface area contributed by atoms with E-state index in [1.165, 1.54) is 12.8 Å². The molecular formula is C9H14BrN3O. The highest BCUT2D eigenvalue weighted by molar-refractivity contribution is 9.09. The summed E-state index contributed by atoms with van der Waals surface area (Å²) in [6, 6.07) is 0. The molecule has 2 rings (SSSR count). The van der Waals surface area contributed by atoms with Gasteiger partial charge in [-0.15, -0.1) is 0 Å². The van der Waals surface area contributed by atoms with Crippen LogP contribution in [0.2, 0.25) is 0 Å². The molecule has 0 aromatic carbocycles. The van der Waals surface area contributed by atoms with E-state index in [9.17, 15) is 0 Å². The smallest absolute Gasteiger partial charge is 0.266 e. The Kier molecular flexibility index (Phi) is 3.05. The molecule has 1 aromatic rings. The Bertz CT molecular complexity index is 296. The van der Waals surface area contributed by atoms with E-state index in [4.69, 9.17) is 4.52 Å². The Morgan fingerprint density at radius 3 is 2.86 bits per heavy atom. The molecule has 1 saturated heterocycles. The van der Waals surface area contributed by atoms with Crippen molar-refractivity contribution in [3.63, 3.8) is 0 Å². The second-order valence-electron chi connectivity index (χ2n) is 3.50. The van der Waals surface area contributed by atoms with Gasteiger partial charge in [0.25, 0.3) is 5.95 Å². The number of rotatable bonds is 3. The summed E-state index contributed by atoms with van der Waals surface area (Å²) < 4.78 is 5.18. The van der Waals surface area contributed by atoms with Crippen LogP contribution in [0.15, 0.2) is 4.52 Å². The molecule has 0 aliphatic carbocycles. The molecule has 1 aliphatic heterocycles. The molecule has 1 aliphatic rings. The first-order valence-corrected chi connectivity index (χ1v) is 5.95. The number of aromatic nitrogens is 2. The fourth-order valence-electron chi connectivity index (χ4n) is 1.57. The molecule has 0 radical (unpaired) electrons. The summed E-state index contributed by atoms with van der Waals surface area (Å²) in [4.78, 5) is 6.72. The minimum atomic E-state index is 0.186. The van der Waals surface area contributed by atoms with E-state index in [1.807, 2.05) is 0 Å². The number of alkyl halides is 1. The van der Waals surface area contributed by atoms with E-state index < -0.39 is 0 Å². The average molecular weight is 260 g/mol. The van der Waals surface area contributed by atoms with Crippen molar-refractivity contribution in [3.05, 3.63) is 5.89 Å². The molecule has 2 heterocycles. The maximum absolute atomic E-state index is 5.18. The maximum atomic E-state index is 5.18. The monoisotopic (exact) mass is 259 g/mol. The molecule has 0 saturated carbocycles. The Labute approximate surface area is 91.8 Å². The highest BCUT2D eigenvalue weighted by Gasteiger charge is 2.20. The van der Waals surface area contributed by atoms with Crippen molar-refractivity contribution in [1.29, 1.82) is 0 Å². The van der Waals surface area contributed by atoms with E-state index in [2.05, 4.69) is 37.9 Å². The van der Waals surface area contributed by atoms with Crippen LogP contribution < -0.4 is 4.90 Å². The zero-order valence-corrected chi connectivity index (χ0v) is 9.83. The van der Waals surface area contributed by atoms with Crippen molar-refractivity contribution < 1.29 is 4.52 Å². The molecule has 0 N–H and O–H groups in total. The summed E-state index contributed by atoms with van der Waals surface area (Å²) in [5.41, 5.74) is 0. The molecule has 0 bridgehead atoms. The van der Waals surface area contributed by atoms with E-state index in [1.54, 1.807) is 0 Å². The molecule has 1 atom stereocenters. The zero-order chi connectivity index (χ0) is 9.97. The highest BCUT2D eigenvalue weighted by atomic mass is 79.9. The van der Waals surface area contributed by atoms with Gasteiger partial charge in [-0.1, -0.05) is 22.9 Å². The van der Waals surface area contributed by atoms with Gasteiger partial charge in [-0.05, 0) is 24.4 Å². The quantitative estimate of drug-likeness (QED) is 0.783. The second kappa shape index (κ2) is 4.29. The normalized spacial score (nSPS) is 18.9. The lowest BCUT2D eigenvalue weighted by Crippen LogP contribution is -2.18. The molecule has 4 nitrogen and oxygen atoms in total. The largest absolute Gasteiger partial charge is 0.338 e. The van der Waals surface area contributed by atoms with Gasteiger partial charge in [0.15, 0.2) is 0 Å². The molecule has 1 fully saturated rings. The van der Waals surface area contributed by atoms with Gasteiger partial charge in [-0.2, -0.15) is 4.98 Å². The predicted octanol–water partition coefficient (Wildman–Crippen LogP) is 2.52. The van der Waals surface area contributed by atoms with E-state index >= 15 is 0 Å². The number of nitrogens with zero attached hydrogens (tertiary/aromatic N) is 3. The van der Waals surface area contributed by atoms with Crippen LogP contribution >= 0.6 is 15.9 Å². The fourth-order valence-corrected chi connectivity index (χ4v) is 1.76. The Morgan fingerprint density at radius 2 is 2.21 bits per heavy atom. The van der Waals surface area contributed by atoms with Crippen LogP contribution in [0.3, 0.4) is 0 Å². The van der Waals surface area contributed by atoms with E-state index in [0.29, 0.717) is 5.89 Å². The number of anilines is 1. The van der Waals surface area contributed by atoms with E-state index in [0.717, 1.165) is 25.5 Å².